The van der Waals surface area contributed by atoms with E-state index in [1.807, 2.05) is 18.3 Å². The van der Waals surface area contributed by atoms with Gasteiger partial charge in [0.25, 0.3) is 0 Å². The van der Waals surface area contributed by atoms with E-state index in [4.69, 9.17) is 9.47 Å². The molecule has 0 aliphatic carbocycles. The van der Waals surface area contributed by atoms with Crippen LogP contribution in [0.2, 0.25) is 0 Å². The number of hydrogen-bond acceptors (Lipinski definition) is 4. The van der Waals surface area contributed by atoms with Crippen molar-refractivity contribution in [1.29, 1.82) is 0 Å². The van der Waals surface area contributed by atoms with Gasteiger partial charge in [0.2, 0.25) is 0 Å². The number of benzene rings is 1. The van der Waals surface area contributed by atoms with Crippen molar-refractivity contribution in [2.75, 3.05) is 20.3 Å². The minimum atomic E-state index is 0.576. The molecule has 5 heteroatoms. The zero-order valence-electron chi connectivity index (χ0n) is 11.1. The molecule has 0 atom stereocenters. The van der Waals surface area contributed by atoms with E-state index >= 15 is 0 Å². The maximum atomic E-state index is 5.50. The quantitative estimate of drug-likeness (QED) is 0.710. The fourth-order valence-corrected chi connectivity index (χ4v) is 1.67. The molecule has 0 unspecified atom stereocenters. The van der Waals surface area contributed by atoms with E-state index in [0.717, 1.165) is 24.7 Å². The van der Waals surface area contributed by atoms with E-state index in [9.17, 15) is 0 Å². The summed E-state index contributed by atoms with van der Waals surface area (Å²) >= 11 is 0. The van der Waals surface area contributed by atoms with E-state index in [0.29, 0.717) is 13.2 Å². The monoisotopic (exact) mass is 261 g/mol. The lowest BCUT2D eigenvalue weighted by molar-refractivity contribution is 0.146. The number of nitrogens with zero attached hydrogens (tertiary/aromatic N) is 1. The molecule has 0 saturated heterocycles. The number of rotatable bonds is 8. The number of nitrogens with one attached hydrogen (secondary N) is 2. The molecule has 2 aromatic rings. The average molecular weight is 261 g/mol. The molecule has 1 aromatic heterocycles. The predicted molar refractivity (Wildman–Crippen MR) is 72.9 cm³/mol. The summed E-state index contributed by atoms with van der Waals surface area (Å²) < 4.78 is 10.4. The molecule has 102 valence electrons. The molecule has 2 rings (SSSR count). The van der Waals surface area contributed by atoms with Crippen molar-refractivity contribution in [2.24, 2.45) is 0 Å². The Kier molecular flexibility index (Phi) is 5.40. The molecule has 0 fully saturated rings. The van der Waals surface area contributed by atoms with E-state index in [2.05, 4.69) is 27.4 Å². The van der Waals surface area contributed by atoms with E-state index in [1.165, 1.54) is 5.56 Å². The van der Waals surface area contributed by atoms with Crippen LogP contribution in [0.15, 0.2) is 36.7 Å². The molecule has 2 N–H and O–H groups in total. The molecule has 0 bridgehead atoms. The Balaban J connectivity index is 1.72. The minimum absolute atomic E-state index is 0.576. The summed E-state index contributed by atoms with van der Waals surface area (Å²) in [6.45, 7) is 2.72. The Morgan fingerprint density at radius 2 is 2.00 bits per heavy atom. The van der Waals surface area contributed by atoms with Crippen molar-refractivity contribution in [2.45, 2.75) is 13.1 Å². The van der Waals surface area contributed by atoms with Crippen LogP contribution in [0.4, 0.5) is 0 Å². The topological polar surface area (TPSA) is 59.2 Å². The summed E-state index contributed by atoms with van der Waals surface area (Å²) in [5, 5.41) is 3.32. The molecule has 1 aromatic carbocycles. The highest BCUT2D eigenvalue weighted by Gasteiger charge is 1.97. The van der Waals surface area contributed by atoms with E-state index in [1.54, 1.807) is 13.3 Å². The summed E-state index contributed by atoms with van der Waals surface area (Å²) in [7, 11) is 1.66. The van der Waals surface area contributed by atoms with Gasteiger partial charge >= 0.3 is 0 Å². The van der Waals surface area contributed by atoms with Gasteiger partial charge in [0.15, 0.2) is 0 Å². The van der Waals surface area contributed by atoms with Gasteiger partial charge in [-0.2, -0.15) is 0 Å². The molecule has 0 saturated carbocycles. The van der Waals surface area contributed by atoms with Crippen LogP contribution in [0, 0.1) is 0 Å². The fourth-order valence-electron chi connectivity index (χ4n) is 1.67. The number of imidazole rings is 1. The second kappa shape index (κ2) is 7.56. The molecule has 1 heterocycles. The van der Waals surface area contributed by atoms with Crippen LogP contribution in [-0.4, -0.2) is 30.3 Å². The van der Waals surface area contributed by atoms with E-state index in [-0.39, 0.29) is 0 Å². The highest BCUT2D eigenvalue weighted by Crippen LogP contribution is 2.12. The number of hydrogen-bond donors (Lipinski definition) is 2. The molecule has 0 radical (unpaired) electrons. The van der Waals surface area contributed by atoms with Gasteiger partial charge in [-0.25, -0.2) is 4.98 Å². The van der Waals surface area contributed by atoms with Gasteiger partial charge in [-0.3, -0.25) is 0 Å². The molecule has 0 spiro atoms. The van der Waals surface area contributed by atoms with Gasteiger partial charge in [-0.1, -0.05) is 12.1 Å². The Hall–Kier alpha value is -1.85. The van der Waals surface area contributed by atoms with Crippen molar-refractivity contribution < 1.29 is 9.47 Å². The lowest BCUT2D eigenvalue weighted by atomic mass is 10.2. The standard InChI is InChI=1S/C14H19N3O2/c1-18-8-9-19-13-4-2-12(3-5-13)10-15-11-14-16-6-7-17-14/h2-7,15H,8-11H2,1H3,(H,16,17). The summed E-state index contributed by atoms with van der Waals surface area (Å²) in [4.78, 5) is 7.21. The lowest BCUT2D eigenvalue weighted by Crippen LogP contribution is -2.13. The van der Waals surface area contributed by atoms with Gasteiger partial charge in [0.1, 0.15) is 18.2 Å². The highest BCUT2D eigenvalue weighted by molar-refractivity contribution is 5.27. The number of aromatic amines is 1. The van der Waals surface area contributed by atoms with Gasteiger partial charge in [-0.05, 0) is 17.7 Å². The van der Waals surface area contributed by atoms with Crippen molar-refractivity contribution in [1.82, 2.24) is 15.3 Å². The third-order valence-corrected chi connectivity index (χ3v) is 2.66. The van der Waals surface area contributed by atoms with Crippen LogP contribution < -0.4 is 10.1 Å². The zero-order valence-corrected chi connectivity index (χ0v) is 11.1. The Morgan fingerprint density at radius 3 is 2.68 bits per heavy atom. The Morgan fingerprint density at radius 1 is 1.16 bits per heavy atom. The first-order valence-corrected chi connectivity index (χ1v) is 6.28. The Bertz CT molecular complexity index is 454. The third kappa shape index (κ3) is 4.73. The first kappa shape index (κ1) is 13.6. The predicted octanol–water partition coefficient (Wildman–Crippen LogP) is 1.72. The smallest absolute Gasteiger partial charge is 0.120 e. The normalized spacial score (nSPS) is 10.6. The number of methoxy groups -OCH3 is 1. The highest BCUT2D eigenvalue weighted by atomic mass is 16.5. The second-order valence-corrected chi connectivity index (χ2v) is 4.12. The van der Waals surface area contributed by atoms with Gasteiger partial charge in [0, 0.05) is 26.0 Å². The SMILES string of the molecule is COCCOc1ccc(CNCc2ncc[nH]2)cc1. The van der Waals surface area contributed by atoms with Crippen molar-refractivity contribution in [3.63, 3.8) is 0 Å². The molecular weight excluding hydrogens is 242 g/mol. The maximum Gasteiger partial charge on any atom is 0.120 e. The number of H-pyrrole nitrogens is 1. The van der Waals surface area contributed by atoms with Crippen molar-refractivity contribution >= 4 is 0 Å². The fraction of sp³-hybridized carbons (Fsp3) is 0.357. The van der Waals surface area contributed by atoms with Crippen LogP contribution >= 0.6 is 0 Å². The van der Waals surface area contributed by atoms with Crippen LogP contribution in [-0.2, 0) is 17.8 Å². The zero-order chi connectivity index (χ0) is 13.3. The van der Waals surface area contributed by atoms with E-state index < -0.39 is 0 Å². The molecular formula is C14H19N3O2. The molecule has 0 aliphatic rings. The Labute approximate surface area is 113 Å². The first-order valence-electron chi connectivity index (χ1n) is 6.28. The van der Waals surface area contributed by atoms with Crippen molar-refractivity contribution in [3.05, 3.63) is 48.0 Å². The van der Waals surface area contributed by atoms with Crippen LogP contribution in [0.1, 0.15) is 11.4 Å². The third-order valence-electron chi connectivity index (χ3n) is 2.66. The molecule has 0 amide bonds. The molecule has 5 nitrogen and oxygen atoms in total. The van der Waals surface area contributed by atoms with Crippen LogP contribution in [0.5, 0.6) is 5.75 Å². The van der Waals surface area contributed by atoms with Gasteiger partial charge < -0.3 is 19.8 Å². The molecule has 19 heavy (non-hydrogen) atoms. The van der Waals surface area contributed by atoms with Crippen LogP contribution in [0.3, 0.4) is 0 Å². The summed E-state index contributed by atoms with van der Waals surface area (Å²) in [6, 6.07) is 8.05. The summed E-state index contributed by atoms with van der Waals surface area (Å²) in [6.07, 6.45) is 3.58. The first-order chi connectivity index (χ1) is 9.38. The largest absolute Gasteiger partial charge is 0.491 e. The lowest BCUT2D eigenvalue weighted by Gasteiger charge is -2.07. The van der Waals surface area contributed by atoms with Gasteiger partial charge in [-0.15, -0.1) is 0 Å². The maximum absolute atomic E-state index is 5.50. The number of ether oxygens (including phenoxy) is 2. The van der Waals surface area contributed by atoms with Crippen LogP contribution in [0.25, 0.3) is 0 Å². The molecule has 0 aliphatic heterocycles. The minimum Gasteiger partial charge on any atom is -0.491 e. The van der Waals surface area contributed by atoms with Crippen molar-refractivity contribution in [3.8, 4) is 5.75 Å². The van der Waals surface area contributed by atoms with Gasteiger partial charge in [0.05, 0.1) is 13.2 Å². The number of aromatic nitrogens is 2. The summed E-state index contributed by atoms with van der Waals surface area (Å²) in [5.41, 5.74) is 1.21. The summed E-state index contributed by atoms with van der Waals surface area (Å²) in [5.74, 6) is 1.81. The second-order valence-electron chi connectivity index (χ2n) is 4.12. The average Bonchev–Trinajstić information content (AvgIpc) is 2.94.